The molecule has 2 rings (SSSR count). The van der Waals surface area contributed by atoms with E-state index in [1.54, 1.807) is 0 Å². The van der Waals surface area contributed by atoms with E-state index in [1.165, 1.54) is 12.4 Å². The van der Waals surface area contributed by atoms with Crippen molar-refractivity contribution in [3.63, 3.8) is 0 Å². The molecule has 7 heteroatoms. The number of hydrogen-bond acceptors (Lipinski definition) is 5. The summed E-state index contributed by atoms with van der Waals surface area (Å²) < 4.78 is 25.6. The average molecular weight is 270 g/mol. The van der Waals surface area contributed by atoms with Crippen molar-refractivity contribution >= 4 is 21.7 Å². The Morgan fingerprint density at radius 2 is 1.89 bits per heavy atom. The van der Waals surface area contributed by atoms with Gasteiger partial charge in [0.1, 0.15) is 0 Å². The number of nitrogens with one attached hydrogen (secondary N) is 1. The van der Waals surface area contributed by atoms with Gasteiger partial charge in [-0.25, -0.2) is 18.4 Å². The highest BCUT2D eigenvalue weighted by atomic mass is 32.2. The maximum Gasteiger partial charge on any atom is 0.232 e. The molecule has 1 aliphatic heterocycles. The van der Waals surface area contributed by atoms with Crippen molar-refractivity contribution in [2.45, 2.75) is 26.2 Å². The lowest BCUT2D eigenvalue weighted by Gasteiger charge is -2.14. The van der Waals surface area contributed by atoms with Gasteiger partial charge in [0.2, 0.25) is 16.0 Å². The third-order valence-corrected chi connectivity index (χ3v) is 4.27. The second-order valence-electron chi connectivity index (χ2n) is 4.39. The van der Waals surface area contributed by atoms with Gasteiger partial charge >= 0.3 is 0 Å². The molecule has 0 amide bonds. The molecule has 100 valence electrons. The maximum absolute atomic E-state index is 11.6. The topological polar surface area (TPSA) is 75.2 Å². The first kappa shape index (κ1) is 13.1. The highest BCUT2D eigenvalue weighted by Crippen LogP contribution is 2.16. The van der Waals surface area contributed by atoms with Crippen LogP contribution in [0.1, 0.15) is 26.2 Å². The Labute approximate surface area is 107 Å². The van der Waals surface area contributed by atoms with Crippen molar-refractivity contribution in [1.82, 2.24) is 9.97 Å². The fourth-order valence-corrected chi connectivity index (χ4v) is 3.06. The van der Waals surface area contributed by atoms with Gasteiger partial charge in [-0.15, -0.1) is 0 Å². The van der Waals surface area contributed by atoms with Gasteiger partial charge in [-0.3, -0.25) is 4.72 Å². The molecule has 1 saturated heterocycles. The molecule has 0 unspecified atom stereocenters. The van der Waals surface area contributed by atoms with Crippen molar-refractivity contribution in [3.05, 3.63) is 12.4 Å². The lowest BCUT2D eigenvalue weighted by atomic mass is 10.4. The van der Waals surface area contributed by atoms with Crippen LogP contribution >= 0.6 is 0 Å². The van der Waals surface area contributed by atoms with Gasteiger partial charge in [0, 0.05) is 13.1 Å². The smallest absolute Gasteiger partial charge is 0.232 e. The van der Waals surface area contributed by atoms with Gasteiger partial charge in [-0.05, 0) is 19.3 Å². The molecule has 6 nitrogen and oxygen atoms in total. The molecule has 0 spiro atoms. The molecule has 1 aliphatic rings. The number of sulfonamides is 1. The summed E-state index contributed by atoms with van der Waals surface area (Å²) in [5.41, 5.74) is 0.423. The van der Waals surface area contributed by atoms with Crippen LogP contribution < -0.4 is 9.62 Å². The minimum absolute atomic E-state index is 0.112. The van der Waals surface area contributed by atoms with Crippen LogP contribution in [0, 0.1) is 0 Å². The second kappa shape index (κ2) is 5.51. The largest absolute Gasteiger partial charge is 0.341 e. The zero-order valence-electron chi connectivity index (χ0n) is 10.5. The summed E-state index contributed by atoms with van der Waals surface area (Å²) in [7, 11) is -3.26. The summed E-state index contributed by atoms with van der Waals surface area (Å²) in [4.78, 5) is 10.5. The number of nitrogens with zero attached hydrogens (tertiary/aromatic N) is 3. The van der Waals surface area contributed by atoms with Crippen LogP contribution in [-0.4, -0.2) is 37.2 Å². The van der Waals surface area contributed by atoms with E-state index in [-0.39, 0.29) is 5.75 Å². The highest BCUT2D eigenvalue weighted by Gasteiger charge is 2.15. The van der Waals surface area contributed by atoms with Crippen molar-refractivity contribution < 1.29 is 8.42 Å². The minimum atomic E-state index is -3.26. The van der Waals surface area contributed by atoms with Gasteiger partial charge in [0.05, 0.1) is 23.8 Å². The molecule has 1 aromatic rings. The molecular weight excluding hydrogens is 252 g/mol. The van der Waals surface area contributed by atoms with Crippen LogP contribution in [0.15, 0.2) is 12.4 Å². The molecule has 1 aromatic heterocycles. The third-order valence-electron chi connectivity index (χ3n) is 2.77. The van der Waals surface area contributed by atoms with Crippen LogP contribution in [0.5, 0.6) is 0 Å². The first-order valence-corrected chi connectivity index (χ1v) is 7.83. The Bertz CT molecular complexity index is 480. The fraction of sp³-hybridized carbons (Fsp3) is 0.636. The van der Waals surface area contributed by atoms with Gasteiger partial charge in [-0.1, -0.05) is 6.92 Å². The lowest BCUT2D eigenvalue weighted by Crippen LogP contribution is -2.21. The summed E-state index contributed by atoms with van der Waals surface area (Å²) in [6, 6.07) is 0. The monoisotopic (exact) mass is 270 g/mol. The Kier molecular flexibility index (Phi) is 4.00. The van der Waals surface area contributed by atoms with E-state index in [0.29, 0.717) is 18.1 Å². The first-order chi connectivity index (χ1) is 8.61. The number of hydrogen-bond donors (Lipinski definition) is 1. The predicted molar refractivity (Wildman–Crippen MR) is 71.2 cm³/mol. The summed E-state index contributed by atoms with van der Waals surface area (Å²) >= 11 is 0. The summed E-state index contributed by atoms with van der Waals surface area (Å²) in [6.45, 7) is 3.77. The SMILES string of the molecule is CCCS(=O)(=O)Nc1cnc(N2CCCC2)nc1. The van der Waals surface area contributed by atoms with E-state index in [1.807, 2.05) is 6.92 Å². The quantitative estimate of drug-likeness (QED) is 0.871. The van der Waals surface area contributed by atoms with Crippen molar-refractivity contribution in [2.75, 3.05) is 28.5 Å². The van der Waals surface area contributed by atoms with Crippen molar-refractivity contribution in [3.8, 4) is 0 Å². The third kappa shape index (κ3) is 3.32. The molecule has 0 bridgehead atoms. The molecule has 0 saturated carbocycles. The van der Waals surface area contributed by atoms with Gasteiger partial charge in [0.15, 0.2) is 0 Å². The normalized spacial score (nSPS) is 15.9. The summed E-state index contributed by atoms with van der Waals surface area (Å²) in [5, 5.41) is 0. The van der Waals surface area contributed by atoms with Gasteiger partial charge in [0.25, 0.3) is 0 Å². The Hall–Kier alpha value is -1.37. The lowest BCUT2D eigenvalue weighted by molar-refractivity contribution is 0.600. The van der Waals surface area contributed by atoms with E-state index < -0.39 is 10.0 Å². The van der Waals surface area contributed by atoms with Crippen LogP contribution in [0.3, 0.4) is 0 Å². The molecule has 0 radical (unpaired) electrons. The highest BCUT2D eigenvalue weighted by molar-refractivity contribution is 7.92. The van der Waals surface area contributed by atoms with Crippen LogP contribution in [-0.2, 0) is 10.0 Å². The maximum atomic E-state index is 11.6. The van der Waals surface area contributed by atoms with Gasteiger partial charge in [-0.2, -0.15) is 0 Å². The zero-order valence-corrected chi connectivity index (χ0v) is 11.3. The van der Waals surface area contributed by atoms with E-state index in [4.69, 9.17) is 0 Å². The van der Waals surface area contributed by atoms with Gasteiger partial charge < -0.3 is 4.90 Å². The average Bonchev–Trinajstić information content (AvgIpc) is 2.82. The van der Waals surface area contributed by atoms with Crippen molar-refractivity contribution in [2.24, 2.45) is 0 Å². The van der Waals surface area contributed by atoms with E-state index in [9.17, 15) is 8.42 Å². The molecular formula is C11H18N4O2S. The number of anilines is 2. The fourth-order valence-electron chi connectivity index (χ4n) is 1.95. The minimum Gasteiger partial charge on any atom is -0.341 e. The van der Waals surface area contributed by atoms with E-state index in [0.717, 1.165) is 25.9 Å². The molecule has 0 aromatic carbocycles. The van der Waals surface area contributed by atoms with E-state index >= 15 is 0 Å². The van der Waals surface area contributed by atoms with Crippen LogP contribution in [0.4, 0.5) is 11.6 Å². The van der Waals surface area contributed by atoms with E-state index in [2.05, 4.69) is 19.6 Å². The number of rotatable bonds is 5. The van der Waals surface area contributed by atoms with Crippen LogP contribution in [0.2, 0.25) is 0 Å². The molecule has 0 aliphatic carbocycles. The molecule has 18 heavy (non-hydrogen) atoms. The molecule has 1 fully saturated rings. The zero-order chi connectivity index (χ0) is 13.0. The van der Waals surface area contributed by atoms with Crippen molar-refractivity contribution in [1.29, 1.82) is 0 Å². The summed E-state index contributed by atoms with van der Waals surface area (Å²) in [5.74, 6) is 0.784. The summed E-state index contributed by atoms with van der Waals surface area (Å²) in [6.07, 6.45) is 5.95. The molecule has 2 heterocycles. The standard InChI is InChI=1S/C11H18N4O2S/c1-2-7-18(16,17)14-10-8-12-11(13-9-10)15-5-3-4-6-15/h8-9,14H,2-7H2,1H3. The Morgan fingerprint density at radius 3 is 2.44 bits per heavy atom. The predicted octanol–water partition coefficient (Wildman–Crippen LogP) is 1.23. The molecule has 1 N–H and O–H groups in total. The second-order valence-corrected chi connectivity index (χ2v) is 6.23. The molecule has 0 atom stereocenters. The Morgan fingerprint density at radius 1 is 1.28 bits per heavy atom. The Balaban J connectivity index is 2.03. The first-order valence-electron chi connectivity index (χ1n) is 6.18. The number of aromatic nitrogens is 2. The van der Waals surface area contributed by atoms with Crippen LogP contribution in [0.25, 0.3) is 0 Å².